The number of aryl methyl sites for hydroxylation is 1. The molecule has 1 amide bonds. The van der Waals surface area contributed by atoms with Crippen LogP contribution in [0.4, 0.5) is 5.82 Å². The van der Waals surface area contributed by atoms with Crippen molar-refractivity contribution in [3.05, 3.63) is 99.0 Å². The van der Waals surface area contributed by atoms with Gasteiger partial charge in [-0.15, -0.1) is 0 Å². The number of ether oxygens (including phenoxy) is 1. The van der Waals surface area contributed by atoms with Crippen LogP contribution < -0.4 is 15.8 Å². The third-order valence-electron chi connectivity index (χ3n) is 8.27. The van der Waals surface area contributed by atoms with Gasteiger partial charge in [-0.2, -0.15) is 0 Å². The molecule has 0 aromatic carbocycles. The molecule has 1 atom stereocenters. The lowest BCUT2D eigenvalue weighted by molar-refractivity contribution is -0.118. The number of nitrogens with zero attached hydrogens (tertiary/aromatic N) is 4. The van der Waals surface area contributed by atoms with E-state index in [9.17, 15) is 9.59 Å². The van der Waals surface area contributed by atoms with Crippen LogP contribution in [0, 0.1) is 12.8 Å². The summed E-state index contributed by atoms with van der Waals surface area (Å²) in [6.45, 7) is 16.6. The first-order valence-corrected chi connectivity index (χ1v) is 14.6. The monoisotopic (exact) mass is 572 g/mol. The number of aromatic amines is 1. The highest BCUT2D eigenvalue weighted by atomic mass is 16.5. The molecule has 0 spiro atoms. The SMILES string of the molecule is C=CN1C(C(=O)NCc2c(COC)cc(C)[nH]c2=O)=CC(c2ccc(N3CCN(C)CC3)nc2)=C/C1=C(/C)C(C)CC. The molecule has 0 saturated carbocycles. The second-order valence-electron chi connectivity index (χ2n) is 11.2. The first kappa shape index (κ1) is 31.0. The highest BCUT2D eigenvalue weighted by Crippen LogP contribution is 2.34. The Labute approximate surface area is 249 Å². The number of hydrogen-bond acceptors (Lipinski definition) is 7. The third-order valence-corrected chi connectivity index (χ3v) is 8.27. The van der Waals surface area contributed by atoms with Crippen LogP contribution in [0.2, 0.25) is 0 Å². The van der Waals surface area contributed by atoms with Gasteiger partial charge in [0.05, 0.1) is 6.61 Å². The maximum Gasteiger partial charge on any atom is 0.268 e. The summed E-state index contributed by atoms with van der Waals surface area (Å²) in [5.41, 5.74) is 6.05. The van der Waals surface area contributed by atoms with E-state index in [0.29, 0.717) is 17.2 Å². The molecule has 4 heterocycles. The zero-order valence-electron chi connectivity index (χ0n) is 25.8. The lowest BCUT2D eigenvalue weighted by atomic mass is 9.93. The minimum atomic E-state index is -0.305. The molecule has 1 fully saturated rings. The van der Waals surface area contributed by atoms with Crippen molar-refractivity contribution in [3.8, 4) is 0 Å². The Morgan fingerprint density at radius 1 is 1.24 bits per heavy atom. The third kappa shape index (κ3) is 6.91. The molecular weight excluding hydrogens is 528 g/mol. The van der Waals surface area contributed by atoms with E-state index in [4.69, 9.17) is 9.72 Å². The molecule has 9 heteroatoms. The summed E-state index contributed by atoms with van der Waals surface area (Å²) >= 11 is 0. The Morgan fingerprint density at radius 3 is 2.60 bits per heavy atom. The van der Waals surface area contributed by atoms with E-state index in [1.807, 2.05) is 30.2 Å². The molecule has 2 N–H and O–H groups in total. The fraction of sp³-hybridized carbons (Fsp3) is 0.424. The van der Waals surface area contributed by atoms with Crippen molar-refractivity contribution in [1.82, 2.24) is 25.1 Å². The number of carbonyl (C=O) groups excluding carboxylic acids is 1. The number of methoxy groups -OCH3 is 1. The lowest BCUT2D eigenvalue weighted by Gasteiger charge is -2.33. The van der Waals surface area contributed by atoms with Crippen molar-refractivity contribution in [2.75, 3.05) is 45.2 Å². The number of rotatable bonds is 10. The van der Waals surface area contributed by atoms with Crippen molar-refractivity contribution in [2.45, 2.75) is 47.3 Å². The highest BCUT2D eigenvalue weighted by Gasteiger charge is 2.26. The van der Waals surface area contributed by atoms with E-state index in [0.717, 1.165) is 72.1 Å². The van der Waals surface area contributed by atoms with E-state index in [2.05, 4.69) is 72.7 Å². The van der Waals surface area contributed by atoms with E-state index in [-0.39, 0.29) is 24.6 Å². The van der Waals surface area contributed by atoms with Crippen molar-refractivity contribution in [3.63, 3.8) is 0 Å². The van der Waals surface area contributed by atoms with E-state index >= 15 is 0 Å². The number of anilines is 1. The first-order valence-electron chi connectivity index (χ1n) is 14.6. The van der Waals surface area contributed by atoms with Gasteiger partial charge in [0.15, 0.2) is 0 Å². The summed E-state index contributed by atoms with van der Waals surface area (Å²) in [6.07, 6.45) is 8.49. The van der Waals surface area contributed by atoms with Crippen LogP contribution in [0.15, 0.2) is 71.1 Å². The Balaban J connectivity index is 1.67. The topological polar surface area (TPSA) is 93.8 Å². The second-order valence-corrected chi connectivity index (χ2v) is 11.2. The molecule has 9 nitrogen and oxygen atoms in total. The summed E-state index contributed by atoms with van der Waals surface area (Å²) in [4.78, 5) is 40.6. The fourth-order valence-electron chi connectivity index (χ4n) is 5.31. The quantitative estimate of drug-likeness (QED) is 0.438. The lowest BCUT2D eigenvalue weighted by Crippen LogP contribution is -2.44. The molecule has 0 radical (unpaired) electrons. The Hall–Kier alpha value is -3.95. The Kier molecular flexibility index (Phi) is 10.2. The molecule has 4 rings (SSSR count). The minimum absolute atomic E-state index is 0.0686. The van der Waals surface area contributed by atoms with Crippen LogP contribution in [0.3, 0.4) is 0 Å². The maximum atomic E-state index is 13.8. The molecule has 42 heavy (non-hydrogen) atoms. The van der Waals surface area contributed by atoms with Crippen molar-refractivity contribution < 1.29 is 9.53 Å². The zero-order chi connectivity index (χ0) is 30.4. The number of allylic oxidation sites excluding steroid dienone is 4. The van der Waals surface area contributed by atoms with Crippen molar-refractivity contribution in [1.29, 1.82) is 0 Å². The minimum Gasteiger partial charge on any atom is -0.380 e. The molecular formula is C33H44N6O3. The number of aromatic nitrogens is 2. The van der Waals surface area contributed by atoms with Crippen LogP contribution in [-0.4, -0.2) is 66.0 Å². The van der Waals surface area contributed by atoms with Crippen LogP contribution >= 0.6 is 0 Å². The average Bonchev–Trinajstić information content (AvgIpc) is 2.99. The van der Waals surface area contributed by atoms with Gasteiger partial charge >= 0.3 is 0 Å². The van der Waals surface area contributed by atoms with Crippen LogP contribution in [0.25, 0.3) is 5.57 Å². The van der Waals surface area contributed by atoms with E-state index in [1.54, 1.807) is 13.3 Å². The summed E-state index contributed by atoms with van der Waals surface area (Å²) in [7, 11) is 3.72. The standard InChI is InChI=1S/C33H44N6O3/c1-8-22(3)24(5)29-17-26(25-10-11-31(34-19-25)38-14-12-37(6)13-15-38)18-30(39(29)9-2)33(41)35-20-28-27(21-42-7)16-23(4)36-32(28)40/h9-11,16-19,22H,2,8,12-15,20-21H2,1,3-7H3,(H,35,41)(H,36,40)/b29-24+. The molecule has 224 valence electrons. The number of H-pyrrole nitrogens is 1. The highest BCUT2D eigenvalue weighted by molar-refractivity contribution is 5.98. The summed E-state index contributed by atoms with van der Waals surface area (Å²) in [5.74, 6) is 0.961. The Morgan fingerprint density at radius 2 is 1.98 bits per heavy atom. The molecule has 2 aliphatic heterocycles. The number of amides is 1. The van der Waals surface area contributed by atoms with Gasteiger partial charge in [-0.25, -0.2) is 4.98 Å². The molecule has 2 aliphatic rings. The molecule has 0 aliphatic carbocycles. The maximum absolute atomic E-state index is 13.8. The van der Waals surface area contributed by atoms with Gasteiger partial charge in [0.2, 0.25) is 0 Å². The number of carbonyl (C=O) groups is 1. The smallest absolute Gasteiger partial charge is 0.268 e. The number of pyridine rings is 2. The van der Waals surface area contributed by atoms with Crippen LogP contribution in [0.1, 0.15) is 49.6 Å². The molecule has 2 aromatic heterocycles. The second kappa shape index (κ2) is 13.8. The van der Waals surface area contributed by atoms with Crippen molar-refractivity contribution >= 4 is 17.3 Å². The predicted octanol–water partition coefficient (Wildman–Crippen LogP) is 4.34. The van der Waals surface area contributed by atoms with Crippen molar-refractivity contribution in [2.24, 2.45) is 5.92 Å². The van der Waals surface area contributed by atoms with Crippen LogP contribution in [0.5, 0.6) is 0 Å². The predicted molar refractivity (Wildman–Crippen MR) is 169 cm³/mol. The van der Waals surface area contributed by atoms with Gasteiger partial charge < -0.3 is 29.7 Å². The van der Waals surface area contributed by atoms with Gasteiger partial charge in [0.1, 0.15) is 11.5 Å². The van der Waals surface area contributed by atoms with Crippen LogP contribution in [-0.2, 0) is 22.7 Å². The van der Waals surface area contributed by atoms with Gasteiger partial charge in [0.25, 0.3) is 11.5 Å². The van der Waals surface area contributed by atoms with Gasteiger partial charge in [0, 0.05) is 74.7 Å². The Bertz CT molecular complexity index is 1450. The summed E-state index contributed by atoms with van der Waals surface area (Å²) in [5, 5.41) is 2.97. The number of likely N-dealkylation sites (N-methyl/N-ethyl adjacent to an activating group) is 1. The van der Waals surface area contributed by atoms with Gasteiger partial charge in [-0.3, -0.25) is 9.59 Å². The molecule has 2 aromatic rings. The number of hydrogen-bond donors (Lipinski definition) is 2. The van der Waals surface area contributed by atoms with E-state index in [1.165, 1.54) is 0 Å². The summed E-state index contributed by atoms with van der Waals surface area (Å²) in [6, 6.07) is 6.00. The zero-order valence-corrected chi connectivity index (χ0v) is 25.8. The largest absolute Gasteiger partial charge is 0.380 e. The normalized spacial score (nSPS) is 17.9. The van der Waals surface area contributed by atoms with E-state index < -0.39 is 0 Å². The molecule has 1 unspecified atom stereocenters. The van der Waals surface area contributed by atoms with Gasteiger partial charge in [-0.05, 0) is 80.3 Å². The number of nitrogens with one attached hydrogen (secondary N) is 2. The molecule has 0 bridgehead atoms. The summed E-state index contributed by atoms with van der Waals surface area (Å²) < 4.78 is 5.30. The number of piperazine rings is 1. The fourth-order valence-corrected chi connectivity index (χ4v) is 5.31. The van der Waals surface area contributed by atoms with Gasteiger partial charge in [-0.1, -0.05) is 20.4 Å². The molecule has 1 saturated heterocycles. The average molecular weight is 573 g/mol. The first-order chi connectivity index (χ1) is 20.2.